The van der Waals surface area contributed by atoms with Crippen LogP contribution in [-0.2, 0) is 23.1 Å². The summed E-state index contributed by atoms with van der Waals surface area (Å²) in [6.45, 7) is 1.95. The van der Waals surface area contributed by atoms with Gasteiger partial charge in [0.1, 0.15) is 25.9 Å². The molecule has 0 aliphatic heterocycles. The molecule has 0 rings (SSSR count). The fourth-order valence-electron chi connectivity index (χ4n) is 5.51. The average molecular weight is 716 g/mol. The monoisotopic (exact) mass is 716 g/mol. The summed E-state index contributed by atoms with van der Waals surface area (Å²) in [5.74, 6) is -0.385. The summed E-state index contributed by atoms with van der Waals surface area (Å²) in [5, 5.41) is 9.87. The van der Waals surface area contributed by atoms with Gasteiger partial charge in [-0.2, -0.15) is 0 Å². The number of allylic oxidation sites excluding steroid dienone is 4. The molecule has 0 heterocycles. The molecule has 0 fully saturated rings. The van der Waals surface area contributed by atoms with Gasteiger partial charge in [0.2, 0.25) is 0 Å². The largest absolute Gasteiger partial charge is 0.756 e. The maximum Gasteiger partial charge on any atom is 0.305 e. The number of carbonyl (C=O) groups excluding carboxylic acids is 1. The van der Waals surface area contributed by atoms with Crippen LogP contribution in [0.4, 0.5) is 0 Å². The van der Waals surface area contributed by atoms with Gasteiger partial charge in [0.05, 0.1) is 27.7 Å². The van der Waals surface area contributed by atoms with Crippen molar-refractivity contribution in [3.8, 4) is 0 Å². The smallest absolute Gasteiger partial charge is 0.305 e. The van der Waals surface area contributed by atoms with Gasteiger partial charge in [0.25, 0.3) is 7.82 Å². The Labute approximate surface area is 302 Å². The molecular weight excluding hydrogens is 637 g/mol. The molecule has 8 nitrogen and oxygen atoms in total. The van der Waals surface area contributed by atoms with Gasteiger partial charge in [-0.25, -0.2) is 0 Å². The van der Waals surface area contributed by atoms with Crippen molar-refractivity contribution in [2.24, 2.45) is 0 Å². The molecule has 2 atom stereocenters. The third-order valence-corrected chi connectivity index (χ3v) is 9.67. The second kappa shape index (κ2) is 34.1. The molecule has 0 aliphatic rings. The van der Waals surface area contributed by atoms with Crippen LogP contribution in [0.3, 0.4) is 0 Å². The molecule has 290 valence electrons. The topological polar surface area (TPSA) is 105 Å². The molecule has 0 aromatic heterocycles. The molecule has 49 heavy (non-hydrogen) atoms. The molecule has 0 aliphatic carbocycles. The lowest BCUT2D eigenvalue weighted by Crippen LogP contribution is -2.37. The van der Waals surface area contributed by atoms with E-state index in [-0.39, 0.29) is 19.2 Å². The molecule has 0 bridgehead atoms. The summed E-state index contributed by atoms with van der Waals surface area (Å²) in [5.41, 5.74) is 0. The lowest BCUT2D eigenvalue weighted by molar-refractivity contribution is -0.870. The highest BCUT2D eigenvalue weighted by atomic mass is 31.2. The number of nitrogens with zero attached hydrogens (tertiary/aromatic N) is 1. The minimum Gasteiger partial charge on any atom is -0.756 e. The zero-order valence-corrected chi connectivity index (χ0v) is 33.3. The Morgan fingerprint density at radius 2 is 1.08 bits per heavy atom. The van der Waals surface area contributed by atoms with Crippen LogP contribution in [0.1, 0.15) is 174 Å². The minimum absolute atomic E-state index is 0.00701. The van der Waals surface area contributed by atoms with Crippen molar-refractivity contribution in [1.29, 1.82) is 0 Å². The first-order valence-corrected chi connectivity index (χ1v) is 21.6. The Kier molecular flexibility index (Phi) is 33.4. The number of aliphatic hydroxyl groups is 1. The zero-order valence-electron chi connectivity index (χ0n) is 32.4. The number of carbonyl (C=O) groups is 1. The van der Waals surface area contributed by atoms with E-state index in [1.54, 1.807) is 0 Å². The third kappa shape index (κ3) is 39.6. The Morgan fingerprint density at radius 1 is 0.653 bits per heavy atom. The lowest BCUT2D eigenvalue weighted by atomic mass is 10.0. The van der Waals surface area contributed by atoms with E-state index in [1.165, 1.54) is 135 Å². The number of unbranched alkanes of at least 4 members (excludes halogenated alkanes) is 22. The maximum atomic E-state index is 11.9. The number of rotatable bonds is 37. The number of esters is 1. The summed E-state index contributed by atoms with van der Waals surface area (Å²) >= 11 is 0. The quantitative estimate of drug-likeness (QED) is 0.0224. The van der Waals surface area contributed by atoms with Crippen LogP contribution in [0.2, 0.25) is 0 Å². The van der Waals surface area contributed by atoms with Gasteiger partial charge in [0, 0.05) is 6.42 Å². The van der Waals surface area contributed by atoms with Gasteiger partial charge >= 0.3 is 5.97 Å². The molecule has 0 spiro atoms. The molecule has 0 saturated heterocycles. The van der Waals surface area contributed by atoms with Crippen LogP contribution in [0, 0.1) is 0 Å². The Balaban J connectivity index is 3.38. The molecule has 0 aromatic carbocycles. The second-order valence-corrected chi connectivity index (χ2v) is 16.3. The van der Waals surface area contributed by atoms with Crippen molar-refractivity contribution in [2.45, 2.75) is 180 Å². The van der Waals surface area contributed by atoms with E-state index < -0.39 is 20.5 Å². The van der Waals surface area contributed by atoms with E-state index >= 15 is 0 Å². The van der Waals surface area contributed by atoms with E-state index in [4.69, 9.17) is 9.26 Å². The molecule has 0 amide bonds. The van der Waals surface area contributed by atoms with Gasteiger partial charge in [-0.05, 0) is 38.5 Å². The number of aliphatic hydroxyl groups excluding tert-OH is 1. The van der Waals surface area contributed by atoms with E-state index in [2.05, 4.69) is 35.8 Å². The summed E-state index contributed by atoms with van der Waals surface area (Å²) in [6.07, 6.45) is 40.6. The van der Waals surface area contributed by atoms with Crippen LogP contribution in [0.15, 0.2) is 24.3 Å². The van der Waals surface area contributed by atoms with Crippen LogP contribution in [-0.4, -0.2) is 69.2 Å². The van der Waals surface area contributed by atoms with Crippen LogP contribution < -0.4 is 4.89 Å². The fourth-order valence-corrected chi connectivity index (χ4v) is 6.24. The number of quaternary nitrogens is 1. The van der Waals surface area contributed by atoms with Crippen molar-refractivity contribution in [2.75, 3.05) is 47.5 Å². The van der Waals surface area contributed by atoms with Gasteiger partial charge < -0.3 is 28.3 Å². The van der Waals surface area contributed by atoms with E-state index in [0.29, 0.717) is 17.4 Å². The first kappa shape index (κ1) is 48.0. The average Bonchev–Trinajstić information content (AvgIpc) is 3.05. The molecule has 2 unspecified atom stereocenters. The first-order valence-electron chi connectivity index (χ1n) is 20.1. The van der Waals surface area contributed by atoms with Crippen molar-refractivity contribution in [3.05, 3.63) is 24.3 Å². The lowest BCUT2D eigenvalue weighted by Gasteiger charge is -2.27. The normalized spacial score (nSPS) is 14.2. The summed E-state index contributed by atoms with van der Waals surface area (Å²) in [7, 11) is 1.26. The van der Waals surface area contributed by atoms with Gasteiger partial charge in [0.15, 0.2) is 0 Å². The van der Waals surface area contributed by atoms with Crippen LogP contribution in [0.25, 0.3) is 0 Å². The summed E-state index contributed by atoms with van der Waals surface area (Å²) in [4.78, 5) is 23.7. The third-order valence-electron chi connectivity index (χ3n) is 8.70. The number of phosphoric acid groups is 1. The molecule has 0 saturated carbocycles. The summed E-state index contributed by atoms with van der Waals surface area (Å²) in [6, 6.07) is 0. The number of likely N-dealkylation sites (N-methyl/N-ethyl adjacent to an activating group) is 1. The molecular formula is C40H78NO7P. The van der Waals surface area contributed by atoms with E-state index in [9.17, 15) is 19.4 Å². The fraction of sp³-hybridized carbons (Fsp3) is 0.875. The Morgan fingerprint density at radius 3 is 1.53 bits per heavy atom. The standard InChI is InChI=1S/C40H78NO7P/c1-5-6-7-8-9-10-11-12-13-14-15-16-17-18-19-20-21-22-23-24-25-26-27-28-29-30-31-32-33-34-40(43)46-37-39(42)38-48-49(44,45)47-36-35-41(2,3)4/h11-12,14-15,39,42H,5-10,13,16-38H2,1-4H3/b12-11-,15-14-. The van der Waals surface area contributed by atoms with E-state index in [1.807, 2.05) is 21.1 Å². The molecule has 9 heteroatoms. The van der Waals surface area contributed by atoms with Gasteiger partial charge in [-0.3, -0.25) is 9.36 Å². The predicted molar refractivity (Wildman–Crippen MR) is 203 cm³/mol. The van der Waals surface area contributed by atoms with Crippen LogP contribution >= 0.6 is 7.82 Å². The maximum absolute atomic E-state index is 11.9. The number of ether oxygens (including phenoxy) is 1. The number of hydrogen-bond acceptors (Lipinski definition) is 7. The molecule has 1 N–H and O–H groups in total. The van der Waals surface area contributed by atoms with Crippen molar-refractivity contribution in [1.82, 2.24) is 0 Å². The van der Waals surface area contributed by atoms with Crippen molar-refractivity contribution in [3.63, 3.8) is 0 Å². The molecule has 0 radical (unpaired) electrons. The van der Waals surface area contributed by atoms with Gasteiger partial charge in [-0.1, -0.05) is 153 Å². The number of hydrogen-bond donors (Lipinski definition) is 1. The predicted octanol–water partition coefficient (Wildman–Crippen LogP) is 10.4. The first-order chi connectivity index (χ1) is 23.6. The SMILES string of the molecule is CCCCCCC/C=C\C/C=C\CCCCCCCCCCCCCCCCCCCC(=O)OCC(O)COP(=O)([O-])OCC[N+](C)(C)C. The van der Waals surface area contributed by atoms with Gasteiger partial charge in [-0.15, -0.1) is 0 Å². The van der Waals surface area contributed by atoms with Crippen LogP contribution in [0.5, 0.6) is 0 Å². The minimum atomic E-state index is -4.50. The zero-order chi connectivity index (χ0) is 36.3. The Hall–Kier alpha value is -1.02. The highest BCUT2D eigenvalue weighted by Crippen LogP contribution is 2.38. The highest BCUT2D eigenvalue weighted by molar-refractivity contribution is 7.45. The van der Waals surface area contributed by atoms with Crippen molar-refractivity contribution >= 4 is 13.8 Å². The summed E-state index contributed by atoms with van der Waals surface area (Å²) < 4.78 is 26.8. The van der Waals surface area contributed by atoms with E-state index in [0.717, 1.165) is 25.7 Å². The number of phosphoric ester groups is 1. The van der Waals surface area contributed by atoms with Crippen molar-refractivity contribution < 1.29 is 37.6 Å². The molecule has 0 aromatic rings. The second-order valence-electron chi connectivity index (χ2n) is 14.9. The highest BCUT2D eigenvalue weighted by Gasteiger charge is 2.16. The Bertz CT molecular complexity index is 843.